The molecule has 0 rings (SSSR count). The Bertz CT molecular complexity index is 263. The average molecular weight is 265 g/mol. The van der Waals surface area contributed by atoms with Gasteiger partial charge in [-0.1, -0.05) is 13.5 Å². The Balaban J connectivity index is 5.34. The summed E-state index contributed by atoms with van der Waals surface area (Å²) in [5, 5.41) is 0. The monoisotopic (exact) mass is 265 g/mol. The van der Waals surface area contributed by atoms with Crippen molar-refractivity contribution in [2.45, 2.75) is 39.5 Å². The molecule has 7 heteroatoms. The largest absolute Gasteiger partial charge is 0.333 e. The minimum Gasteiger partial charge on any atom is -0.333 e. The molecule has 0 unspecified atom stereocenters. The van der Waals surface area contributed by atoms with E-state index in [4.69, 9.17) is 20.5 Å². The van der Waals surface area contributed by atoms with Crippen molar-refractivity contribution < 1.29 is 14.0 Å². The zero-order valence-corrected chi connectivity index (χ0v) is 11.8. The van der Waals surface area contributed by atoms with Gasteiger partial charge in [-0.2, -0.15) is 0 Å². The van der Waals surface area contributed by atoms with Gasteiger partial charge < -0.3 is 9.47 Å². The normalized spacial score (nSPS) is 12.5. The molecular formula is C10H24N3O3P. The van der Waals surface area contributed by atoms with Crippen LogP contribution in [0.3, 0.4) is 0 Å². The highest BCUT2D eigenvalue weighted by atomic mass is 31.2. The third kappa shape index (κ3) is 4.41. The Hall–Kier alpha value is -0.390. The Morgan fingerprint density at radius 2 is 1.76 bits per heavy atom. The molecule has 0 saturated heterocycles. The van der Waals surface area contributed by atoms with Crippen LogP contribution in [-0.2, 0) is 14.0 Å². The zero-order valence-electron chi connectivity index (χ0n) is 10.9. The first-order chi connectivity index (χ1) is 7.87. The van der Waals surface area contributed by atoms with Crippen molar-refractivity contribution in [3.63, 3.8) is 0 Å². The van der Waals surface area contributed by atoms with Crippen LogP contribution in [-0.4, -0.2) is 23.8 Å². The Morgan fingerprint density at radius 3 is 2.00 bits per heavy atom. The molecule has 0 atom stereocenters. The van der Waals surface area contributed by atoms with Crippen molar-refractivity contribution in [2.75, 3.05) is 13.2 Å². The summed E-state index contributed by atoms with van der Waals surface area (Å²) in [4.78, 5) is 0. The molecule has 0 aliphatic rings. The number of nitrogens with two attached hydrogens (primary N) is 2. The van der Waals surface area contributed by atoms with E-state index in [0.717, 1.165) is 6.42 Å². The van der Waals surface area contributed by atoms with Crippen LogP contribution < -0.4 is 11.0 Å². The van der Waals surface area contributed by atoms with E-state index in [-0.39, 0.29) is 0 Å². The summed E-state index contributed by atoms with van der Waals surface area (Å²) in [5.74, 6) is -1.20. The van der Waals surface area contributed by atoms with Gasteiger partial charge in [-0.05, 0) is 20.3 Å². The smallest absolute Gasteiger partial charge is 0.304 e. The molecule has 17 heavy (non-hydrogen) atoms. The van der Waals surface area contributed by atoms with Gasteiger partial charge in [0.1, 0.15) is 0 Å². The summed E-state index contributed by atoms with van der Waals surface area (Å²) < 4.78 is 24.2. The summed E-state index contributed by atoms with van der Waals surface area (Å²) in [7, 11) is -3.52. The van der Waals surface area contributed by atoms with E-state index in [9.17, 15) is 4.57 Å². The fourth-order valence-electron chi connectivity index (χ4n) is 1.70. The minimum atomic E-state index is -3.52. The van der Waals surface area contributed by atoms with Crippen LogP contribution in [0.25, 0.3) is 0 Å². The van der Waals surface area contributed by atoms with Crippen LogP contribution in [0.5, 0.6) is 0 Å². The molecule has 4 N–H and O–H groups in total. The Morgan fingerprint density at radius 1 is 1.29 bits per heavy atom. The number of rotatable bonds is 9. The molecule has 0 amide bonds. The third-order valence-electron chi connectivity index (χ3n) is 2.16. The first-order valence-corrected chi connectivity index (χ1v) is 7.55. The molecule has 102 valence electrons. The molecule has 0 aromatic heterocycles. The molecular weight excluding hydrogens is 241 g/mol. The molecule has 0 saturated carbocycles. The molecule has 0 aliphatic carbocycles. The maximum atomic E-state index is 11.9. The highest BCUT2D eigenvalue weighted by Gasteiger charge is 2.42. The predicted octanol–water partition coefficient (Wildman–Crippen LogP) is 1.98. The average Bonchev–Trinajstić information content (AvgIpc) is 2.17. The quantitative estimate of drug-likeness (QED) is 0.489. The van der Waals surface area contributed by atoms with E-state index < -0.39 is 13.5 Å². The number of hydrogen-bond acceptors (Lipinski definition) is 3. The zero-order chi connectivity index (χ0) is 13.5. The lowest BCUT2D eigenvalue weighted by Crippen LogP contribution is -2.51. The molecule has 0 aromatic rings. The van der Waals surface area contributed by atoms with Crippen LogP contribution >= 0.6 is 7.59 Å². The van der Waals surface area contributed by atoms with Gasteiger partial charge in [-0.3, -0.25) is 20.2 Å². The molecule has 0 radical (unpaired) electrons. The van der Waals surface area contributed by atoms with E-state index in [2.05, 4.69) is 6.58 Å². The molecule has 0 aliphatic heterocycles. The Kier molecular flexibility index (Phi) is 6.97. The van der Waals surface area contributed by atoms with E-state index in [1.165, 1.54) is 10.9 Å². The van der Waals surface area contributed by atoms with Crippen molar-refractivity contribution in [2.24, 2.45) is 11.0 Å². The molecule has 0 heterocycles. The maximum Gasteiger partial charge on any atom is 0.304 e. The third-order valence-corrected chi connectivity index (χ3v) is 3.31. The van der Waals surface area contributed by atoms with Gasteiger partial charge in [0, 0.05) is 25.8 Å². The van der Waals surface area contributed by atoms with Gasteiger partial charge in [0.25, 0.3) is 5.91 Å². The van der Waals surface area contributed by atoms with E-state index in [0.29, 0.717) is 19.6 Å². The number of hydrogen-bond donors (Lipinski definition) is 2. The highest BCUT2D eigenvalue weighted by Crippen LogP contribution is 2.42. The number of nitrogens with zero attached hydrogens (tertiary/aromatic N) is 1. The van der Waals surface area contributed by atoms with Gasteiger partial charge >= 0.3 is 7.59 Å². The lowest BCUT2D eigenvalue weighted by Gasteiger charge is -2.42. The second-order valence-corrected chi connectivity index (χ2v) is 5.30. The van der Waals surface area contributed by atoms with Crippen molar-refractivity contribution in [1.29, 1.82) is 0 Å². The first-order valence-electron chi connectivity index (χ1n) is 5.75. The van der Waals surface area contributed by atoms with Crippen LogP contribution in [0.1, 0.15) is 33.6 Å². The molecule has 0 bridgehead atoms. The minimum absolute atomic E-state index is 0.393. The second-order valence-electron chi connectivity index (χ2n) is 3.53. The van der Waals surface area contributed by atoms with Crippen molar-refractivity contribution >= 4 is 7.59 Å². The Labute approximate surface area is 103 Å². The second kappa shape index (κ2) is 7.13. The SMILES string of the molecule is C=CN(C(CCC)(OCC)OCC)P(N)(N)=O. The summed E-state index contributed by atoms with van der Waals surface area (Å²) in [5.41, 5.74) is 11.0. The first kappa shape index (κ1) is 16.6. The van der Waals surface area contributed by atoms with Crippen molar-refractivity contribution in [3.8, 4) is 0 Å². The van der Waals surface area contributed by atoms with Gasteiger partial charge in [-0.15, -0.1) is 0 Å². The van der Waals surface area contributed by atoms with Crippen LogP contribution in [0, 0.1) is 0 Å². The molecule has 0 fully saturated rings. The summed E-state index contributed by atoms with van der Waals surface area (Å²) >= 11 is 0. The molecule has 0 spiro atoms. The highest BCUT2D eigenvalue weighted by molar-refractivity contribution is 7.56. The standard InChI is InChI=1S/C10H24N3O3P/c1-5-9-10(15-7-3,16-8-4)13(6-2)17(11,12)14/h6H,2,5,7-9H2,1,3-4H3,(H4,11,12,14). The summed E-state index contributed by atoms with van der Waals surface area (Å²) in [6.45, 7) is 9.97. The van der Waals surface area contributed by atoms with E-state index in [1.807, 2.05) is 20.8 Å². The van der Waals surface area contributed by atoms with Crippen LogP contribution in [0.2, 0.25) is 0 Å². The maximum absolute atomic E-state index is 11.9. The van der Waals surface area contributed by atoms with Crippen molar-refractivity contribution in [1.82, 2.24) is 4.67 Å². The van der Waals surface area contributed by atoms with Crippen molar-refractivity contribution in [3.05, 3.63) is 12.8 Å². The lowest BCUT2D eigenvalue weighted by atomic mass is 10.2. The summed E-state index contributed by atoms with van der Waals surface area (Å²) in [6.07, 6.45) is 2.57. The fraction of sp³-hybridized carbons (Fsp3) is 0.800. The van der Waals surface area contributed by atoms with Gasteiger partial charge in [0.2, 0.25) is 0 Å². The van der Waals surface area contributed by atoms with Gasteiger partial charge in [0.05, 0.1) is 0 Å². The predicted molar refractivity (Wildman–Crippen MR) is 68.9 cm³/mol. The topological polar surface area (TPSA) is 90.8 Å². The molecule has 0 aromatic carbocycles. The van der Waals surface area contributed by atoms with E-state index >= 15 is 0 Å². The van der Waals surface area contributed by atoms with Crippen LogP contribution in [0.4, 0.5) is 0 Å². The number of ether oxygens (including phenoxy) is 2. The van der Waals surface area contributed by atoms with E-state index in [1.54, 1.807) is 0 Å². The fourth-order valence-corrected chi connectivity index (χ4v) is 2.65. The van der Waals surface area contributed by atoms with Gasteiger partial charge in [0.15, 0.2) is 0 Å². The van der Waals surface area contributed by atoms with Gasteiger partial charge in [-0.25, -0.2) is 0 Å². The summed E-state index contributed by atoms with van der Waals surface area (Å²) in [6, 6.07) is 0. The molecule has 6 nitrogen and oxygen atoms in total. The lowest BCUT2D eigenvalue weighted by molar-refractivity contribution is -0.285. The van der Waals surface area contributed by atoms with Crippen LogP contribution in [0.15, 0.2) is 12.8 Å².